The molecule has 1 aromatic carbocycles. The van der Waals surface area contributed by atoms with E-state index in [1.807, 2.05) is 13.8 Å². The predicted octanol–water partition coefficient (Wildman–Crippen LogP) is 1.13. The number of benzene rings is 1. The van der Waals surface area contributed by atoms with Crippen molar-refractivity contribution in [3.8, 4) is 0 Å². The molecule has 6 heteroatoms. The molecule has 1 aliphatic heterocycles. The molecule has 0 amide bonds. The fraction of sp³-hybridized carbons (Fsp3) is 0.625. The summed E-state index contributed by atoms with van der Waals surface area (Å²) in [5.74, 6) is -0.400. The Labute approximate surface area is 130 Å². The van der Waals surface area contributed by atoms with Crippen molar-refractivity contribution in [2.24, 2.45) is 5.92 Å². The van der Waals surface area contributed by atoms with Crippen LogP contribution in [0.3, 0.4) is 0 Å². The highest BCUT2D eigenvalue weighted by molar-refractivity contribution is 5.35. The van der Waals surface area contributed by atoms with Crippen LogP contribution in [0.1, 0.15) is 45.8 Å². The molecule has 0 unspecified atom stereocenters. The normalized spacial score (nSPS) is 28.1. The van der Waals surface area contributed by atoms with Crippen LogP contribution in [0, 0.1) is 16.0 Å². The Morgan fingerprint density at radius 1 is 1.36 bits per heavy atom. The quantitative estimate of drug-likeness (QED) is 0.575. The maximum atomic E-state index is 10.9. The zero-order chi connectivity index (χ0) is 16.7. The van der Waals surface area contributed by atoms with E-state index in [2.05, 4.69) is 19.2 Å². The lowest BCUT2D eigenvalue weighted by Gasteiger charge is -2.48. The topological polar surface area (TPSA) is 100 Å². The largest absolute Gasteiger partial charge is 0.392 e. The monoisotopic (exact) mass is 309 g/mol. The van der Waals surface area contributed by atoms with Crippen LogP contribution in [0.4, 0.5) is 5.69 Å². The number of non-ortho nitro benzene ring substituents is 1. The number of nitrogens with two attached hydrogens (primary N) is 1. The number of aliphatic hydroxyl groups excluding tert-OH is 2. The molecule has 6 nitrogen and oxygen atoms in total. The number of quaternary nitrogens is 1. The van der Waals surface area contributed by atoms with Crippen LogP contribution in [0.15, 0.2) is 24.3 Å². The van der Waals surface area contributed by atoms with Crippen LogP contribution in [0.2, 0.25) is 0 Å². The number of hydrogen-bond acceptors (Lipinski definition) is 4. The zero-order valence-corrected chi connectivity index (χ0v) is 13.5. The second kappa shape index (κ2) is 5.61. The van der Waals surface area contributed by atoms with Crippen molar-refractivity contribution in [3.05, 3.63) is 39.9 Å². The van der Waals surface area contributed by atoms with E-state index in [1.54, 1.807) is 12.1 Å². The maximum Gasteiger partial charge on any atom is 0.269 e. The minimum Gasteiger partial charge on any atom is -0.392 e. The number of rotatable bonds is 3. The highest BCUT2D eigenvalue weighted by Gasteiger charge is 2.52. The van der Waals surface area contributed by atoms with Crippen molar-refractivity contribution in [3.63, 3.8) is 0 Å². The molecule has 1 heterocycles. The molecule has 0 spiro atoms. The number of nitro benzene ring substituents is 1. The van der Waals surface area contributed by atoms with E-state index in [4.69, 9.17) is 0 Å². The van der Waals surface area contributed by atoms with Gasteiger partial charge in [-0.3, -0.25) is 10.1 Å². The first-order chi connectivity index (χ1) is 10.0. The fourth-order valence-corrected chi connectivity index (χ4v) is 3.97. The van der Waals surface area contributed by atoms with Gasteiger partial charge in [0, 0.05) is 18.6 Å². The third-order valence-corrected chi connectivity index (χ3v) is 4.53. The molecular formula is C16H25N2O4+. The zero-order valence-electron chi connectivity index (χ0n) is 13.5. The first-order valence-corrected chi connectivity index (χ1v) is 7.51. The van der Waals surface area contributed by atoms with Crippen LogP contribution in [-0.4, -0.2) is 32.3 Å². The molecule has 22 heavy (non-hydrogen) atoms. The van der Waals surface area contributed by atoms with Crippen molar-refractivity contribution in [2.75, 3.05) is 0 Å². The average molecular weight is 309 g/mol. The van der Waals surface area contributed by atoms with E-state index in [9.17, 15) is 20.3 Å². The van der Waals surface area contributed by atoms with E-state index < -0.39 is 23.0 Å². The van der Waals surface area contributed by atoms with Crippen molar-refractivity contribution >= 4 is 5.69 Å². The number of hydrogen-bond donors (Lipinski definition) is 3. The summed E-state index contributed by atoms with van der Waals surface area (Å²) >= 11 is 0. The maximum absolute atomic E-state index is 10.9. The second-order valence-corrected chi connectivity index (χ2v) is 7.55. The molecule has 0 aliphatic carbocycles. The number of piperidine rings is 1. The smallest absolute Gasteiger partial charge is 0.269 e. The first-order valence-electron chi connectivity index (χ1n) is 7.51. The van der Waals surface area contributed by atoms with Crippen molar-refractivity contribution in [1.82, 2.24) is 0 Å². The molecule has 1 aromatic rings. The average Bonchev–Trinajstić information content (AvgIpc) is 2.35. The van der Waals surface area contributed by atoms with Crippen LogP contribution >= 0.6 is 0 Å². The van der Waals surface area contributed by atoms with Gasteiger partial charge in [-0.05, 0) is 33.3 Å². The molecule has 1 saturated heterocycles. The Balaban J connectivity index is 2.33. The molecular weight excluding hydrogens is 284 g/mol. The fourth-order valence-electron chi connectivity index (χ4n) is 3.97. The van der Waals surface area contributed by atoms with Gasteiger partial charge in [-0.2, -0.15) is 0 Å². The Hall–Kier alpha value is -1.50. The van der Waals surface area contributed by atoms with Crippen molar-refractivity contribution in [1.29, 1.82) is 0 Å². The molecule has 0 radical (unpaired) electrons. The third-order valence-electron chi connectivity index (χ3n) is 4.53. The minimum atomic E-state index is -0.947. The highest BCUT2D eigenvalue weighted by Crippen LogP contribution is 2.37. The predicted molar refractivity (Wildman–Crippen MR) is 82.3 cm³/mol. The molecule has 0 aromatic heterocycles. The van der Waals surface area contributed by atoms with Gasteiger partial charge in [-0.25, -0.2) is 0 Å². The summed E-state index contributed by atoms with van der Waals surface area (Å²) in [6, 6.07) is 6.01. The van der Waals surface area contributed by atoms with Crippen molar-refractivity contribution < 1.29 is 20.5 Å². The summed E-state index contributed by atoms with van der Waals surface area (Å²) < 4.78 is 0. The first kappa shape index (κ1) is 16.9. The van der Waals surface area contributed by atoms with Gasteiger partial charge in [0.2, 0.25) is 0 Å². The molecule has 1 aliphatic rings. The summed E-state index contributed by atoms with van der Waals surface area (Å²) in [6.45, 7) is 8.10. The Kier molecular flexibility index (Phi) is 4.30. The van der Waals surface area contributed by atoms with Gasteiger partial charge in [-0.15, -0.1) is 0 Å². The Morgan fingerprint density at radius 3 is 2.55 bits per heavy atom. The lowest BCUT2D eigenvalue weighted by molar-refractivity contribution is -0.798. The molecule has 1 fully saturated rings. The van der Waals surface area contributed by atoms with Crippen LogP contribution in [0.5, 0.6) is 0 Å². The van der Waals surface area contributed by atoms with E-state index >= 15 is 0 Å². The lowest BCUT2D eigenvalue weighted by Crippen LogP contribution is -3.07. The van der Waals surface area contributed by atoms with Gasteiger partial charge < -0.3 is 15.5 Å². The SMILES string of the molecule is CC1(C)C[C@H](O)[C@@H]([C@H](O)c2cccc([N+](=O)[O-])c2)C(C)(C)[NH2+]1. The lowest BCUT2D eigenvalue weighted by atomic mass is 9.69. The highest BCUT2D eigenvalue weighted by atomic mass is 16.6. The molecule has 122 valence electrons. The van der Waals surface area contributed by atoms with Gasteiger partial charge in [0.05, 0.1) is 34.1 Å². The minimum absolute atomic E-state index is 0.0519. The van der Waals surface area contributed by atoms with E-state index in [-0.39, 0.29) is 16.8 Å². The third kappa shape index (κ3) is 3.29. The number of nitrogens with zero attached hydrogens (tertiary/aromatic N) is 1. The number of aliphatic hydroxyl groups is 2. The van der Waals surface area contributed by atoms with E-state index in [1.165, 1.54) is 12.1 Å². The van der Waals surface area contributed by atoms with Gasteiger partial charge in [-0.1, -0.05) is 12.1 Å². The summed E-state index contributed by atoms with van der Waals surface area (Å²) in [6.07, 6.45) is -1.05. The number of nitro groups is 1. The van der Waals surface area contributed by atoms with Gasteiger partial charge >= 0.3 is 0 Å². The molecule has 0 saturated carbocycles. The van der Waals surface area contributed by atoms with E-state index in [0.717, 1.165) is 0 Å². The van der Waals surface area contributed by atoms with E-state index in [0.29, 0.717) is 12.0 Å². The Morgan fingerprint density at radius 2 is 2.00 bits per heavy atom. The summed E-state index contributed by atoms with van der Waals surface area (Å²) in [4.78, 5) is 10.4. The second-order valence-electron chi connectivity index (χ2n) is 7.55. The van der Waals surface area contributed by atoms with Gasteiger partial charge in [0.25, 0.3) is 5.69 Å². The molecule has 4 N–H and O–H groups in total. The standard InChI is InChI=1S/C16H24N2O4/c1-15(2)9-12(19)13(16(3,4)17-15)14(20)10-6-5-7-11(8-10)18(21)22/h5-8,12-14,17,19-20H,9H2,1-4H3/p+1/t12-,13-,14+/m0/s1. The Bertz CT molecular complexity index is 571. The summed E-state index contributed by atoms with van der Waals surface area (Å²) in [7, 11) is 0. The molecule has 0 bridgehead atoms. The van der Waals surface area contributed by atoms with Crippen LogP contribution in [-0.2, 0) is 0 Å². The van der Waals surface area contributed by atoms with Gasteiger partial charge in [0.1, 0.15) is 0 Å². The van der Waals surface area contributed by atoms with Crippen molar-refractivity contribution in [2.45, 2.75) is 57.4 Å². The van der Waals surface area contributed by atoms with Gasteiger partial charge in [0.15, 0.2) is 0 Å². The summed E-state index contributed by atoms with van der Waals surface area (Å²) in [5.41, 5.74) is -0.0732. The molecule has 3 atom stereocenters. The van der Waals surface area contributed by atoms with Crippen LogP contribution in [0.25, 0.3) is 0 Å². The van der Waals surface area contributed by atoms with Crippen LogP contribution < -0.4 is 5.32 Å². The molecule has 2 rings (SSSR count). The summed E-state index contributed by atoms with van der Waals surface area (Å²) in [5, 5.41) is 34.3.